The molecule has 1 saturated heterocycles. The van der Waals surface area contributed by atoms with Crippen molar-refractivity contribution >= 4 is 15.7 Å². The summed E-state index contributed by atoms with van der Waals surface area (Å²) in [7, 11) is -4.22. The average molecular weight is 624 g/mol. The molecule has 2 N–H and O–H groups in total. The standard InChI is InChI=1S/C25H23F6N3O7S/c26-24(27,28)16-12-15(13-17(14-16)25(29,30)31)21-32-20(41-34-21)2-1-9-40-18-3-5-19(6-4-18)42(37,38)23(22(35)33-36)7-10-39-11-8-23/h3-6,12-14,36H,1-2,7-11H2,(H,33,35). The number of ether oxygens (including phenoxy) is 2. The number of halogens is 6. The summed E-state index contributed by atoms with van der Waals surface area (Å²) in [6.45, 7) is 0.0909. The maximum atomic E-state index is 13.3. The number of aryl methyl sites for hydroxylation is 1. The molecule has 2 aromatic carbocycles. The van der Waals surface area contributed by atoms with Gasteiger partial charge < -0.3 is 14.0 Å². The van der Waals surface area contributed by atoms with Crippen LogP contribution >= 0.6 is 0 Å². The molecule has 228 valence electrons. The summed E-state index contributed by atoms with van der Waals surface area (Å²) < 4.78 is 119. The molecule has 0 spiro atoms. The van der Waals surface area contributed by atoms with Crippen molar-refractivity contribution in [1.82, 2.24) is 15.6 Å². The Morgan fingerprint density at radius 3 is 2.14 bits per heavy atom. The van der Waals surface area contributed by atoms with E-state index >= 15 is 0 Å². The van der Waals surface area contributed by atoms with Crippen LogP contribution in [0.3, 0.4) is 0 Å². The molecule has 0 saturated carbocycles. The molecule has 0 atom stereocenters. The van der Waals surface area contributed by atoms with E-state index in [0.717, 1.165) is 0 Å². The van der Waals surface area contributed by atoms with Crippen molar-refractivity contribution in [3.05, 3.63) is 59.5 Å². The number of alkyl halides is 6. The second kappa shape index (κ2) is 11.9. The van der Waals surface area contributed by atoms with Gasteiger partial charge in [0.15, 0.2) is 14.6 Å². The highest BCUT2D eigenvalue weighted by molar-refractivity contribution is 7.93. The number of rotatable bonds is 9. The SMILES string of the molecule is O=C(NO)C1(S(=O)(=O)c2ccc(OCCCc3nc(-c4cc(C(F)(F)F)cc(C(F)(F)F)c4)no3)cc2)CCOCC1. The molecular weight excluding hydrogens is 600 g/mol. The Morgan fingerprint density at radius 1 is 1.00 bits per heavy atom. The highest BCUT2D eigenvalue weighted by atomic mass is 32.2. The highest BCUT2D eigenvalue weighted by Gasteiger charge is 2.52. The summed E-state index contributed by atoms with van der Waals surface area (Å²) in [6, 6.07) is 6.23. The molecule has 4 rings (SSSR count). The molecule has 0 aliphatic carbocycles. The Hall–Kier alpha value is -3.70. The normalized spacial score (nSPS) is 15.8. The van der Waals surface area contributed by atoms with Crippen molar-refractivity contribution in [2.75, 3.05) is 19.8 Å². The topological polar surface area (TPSA) is 141 Å². The number of nitrogens with zero attached hydrogens (tertiary/aromatic N) is 2. The van der Waals surface area contributed by atoms with Gasteiger partial charge in [-0.15, -0.1) is 0 Å². The van der Waals surface area contributed by atoms with Crippen LogP contribution in [0.25, 0.3) is 11.4 Å². The van der Waals surface area contributed by atoms with Crippen LogP contribution in [0.1, 0.15) is 36.3 Å². The number of hydrogen-bond donors (Lipinski definition) is 2. The minimum atomic E-state index is -5.03. The van der Waals surface area contributed by atoms with E-state index in [1.54, 1.807) is 0 Å². The van der Waals surface area contributed by atoms with Gasteiger partial charge in [-0.05, 0) is 61.7 Å². The molecule has 2 heterocycles. The fourth-order valence-electron chi connectivity index (χ4n) is 4.33. The molecule has 1 aromatic heterocycles. The highest BCUT2D eigenvalue weighted by Crippen LogP contribution is 2.38. The molecule has 42 heavy (non-hydrogen) atoms. The molecule has 1 aliphatic rings. The van der Waals surface area contributed by atoms with Crippen LogP contribution in [-0.2, 0) is 38.1 Å². The van der Waals surface area contributed by atoms with Crippen molar-refractivity contribution in [3.8, 4) is 17.1 Å². The lowest BCUT2D eigenvalue weighted by Crippen LogP contribution is -2.54. The van der Waals surface area contributed by atoms with Gasteiger partial charge in [-0.2, -0.15) is 31.3 Å². The predicted octanol–water partition coefficient (Wildman–Crippen LogP) is 4.61. The fourth-order valence-corrected chi connectivity index (χ4v) is 6.27. The largest absolute Gasteiger partial charge is 0.494 e. The number of carbonyl (C=O) groups excluding carboxylic acids is 1. The minimum absolute atomic E-state index is 0.00136. The second-order valence-electron chi connectivity index (χ2n) is 9.28. The van der Waals surface area contributed by atoms with Crippen LogP contribution in [0, 0.1) is 0 Å². The summed E-state index contributed by atoms with van der Waals surface area (Å²) in [6.07, 6.45) is -10.0. The number of sulfone groups is 1. The van der Waals surface area contributed by atoms with Gasteiger partial charge in [0.05, 0.1) is 22.6 Å². The lowest BCUT2D eigenvalue weighted by atomic mass is 9.98. The fraction of sp³-hybridized carbons (Fsp3) is 0.400. The summed E-state index contributed by atoms with van der Waals surface area (Å²) in [5.41, 5.74) is -2.10. The smallest absolute Gasteiger partial charge is 0.416 e. The third kappa shape index (κ3) is 6.52. The molecule has 1 aliphatic heterocycles. The molecule has 17 heteroatoms. The van der Waals surface area contributed by atoms with Gasteiger partial charge >= 0.3 is 12.4 Å². The number of aromatic nitrogens is 2. The van der Waals surface area contributed by atoms with E-state index in [1.807, 2.05) is 0 Å². The van der Waals surface area contributed by atoms with Gasteiger partial charge in [-0.3, -0.25) is 10.0 Å². The van der Waals surface area contributed by atoms with Crippen LogP contribution in [0.15, 0.2) is 51.9 Å². The van der Waals surface area contributed by atoms with Crippen molar-refractivity contribution in [2.45, 2.75) is 47.7 Å². The first-order valence-electron chi connectivity index (χ1n) is 12.3. The monoisotopic (exact) mass is 623 g/mol. The van der Waals surface area contributed by atoms with E-state index < -0.39 is 55.4 Å². The maximum absolute atomic E-state index is 13.3. The molecule has 1 fully saturated rings. The maximum Gasteiger partial charge on any atom is 0.416 e. The van der Waals surface area contributed by atoms with E-state index in [0.29, 0.717) is 12.1 Å². The van der Waals surface area contributed by atoms with Crippen LogP contribution in [0.4, 0.5) is 26.3 Å². The Labute approximate surface area is 234 Å². The van der Waals surface area contributed by atoms with Crippen LogP contribution in [-0.4, -0.2) is 54.2 Å². The van der Waals surface area contributed by atoms with E-state index in [-0.39, 0.29) is 68.1 Å². The molecule has 0 unspecified atom stereocenters. The van der Waals surface area contributed by atoms with Gasteiger partial charge in [0.25, 0.3) is 5.91 Å². The number of hydroxylamine groups is 1. The molecule has 0 bridgehead atoms. The summed E-state index contributed by atoms with van der Waals surface area (Å²) in [5.74, 6) is -1.28. The van der Waals surface area contributed by atoms with E-state index in [9.17, 15) is 39.6 Å². The van der Waals surface area contributed by atoms with Crippen molar-refractivity contribution in [1.29, 1.82) is 0 Å². The Kier molecular flexibility index (Phi) is 8.84. The van der Waals surface area contributed by atoms with Gasteiger partial charge in [0.2, 0.25) is 11.7 Å². The van der Waals surface area contributed by atoms with Crippen LogP contribution in [0.5, 0.6) is 5.75 Å². The number of hydrogen-bond acceptors (Lipinski definition) is 9. The first kappa shape index (κ1) is 31.2. The number of carbonyl (C=O) groups is 1. The van der Waals surface area contributed by atoms with Gasteiger partial charge in [0.1, 0.15) is 5.75 Å². The van der Waals surface area contributed by atoms with E-state index in [1.165, 1.54) is 29.7 Å². The van der Waals surface area contributed by atoms with E-state index in [2.05, 4.69) is 10.1 Å². The third-order valence-electron chi connectivity index (χ3n) is 6.58. The van der Waals surface area contributed by atoms with E-state index in [4.69, 9.17) is 19.2 Å². The predicted molar refractivity (Wildman–Crippen MR) is 130 cm³/mol. The summed E-state index contributed by atoms with van der Waals surface area (Å²) >= 11 is 0. The third-order valence-corrected chi connectivity index (χ3v) is 9.10. The van der Waals surface area contributed by atoms with Crippen LogP contribution in [0.2, 0.25) is 0 Å². The minimum Gasteiger partial charge on any atom is -0.494 e. The van der Waals surface area contributed by atoms with Gasteiger partial charge in [-0.25, -0.2) is 13.9 Å². The quantitative estimate of drug-likeness (QED) is 0.151. The van der Waals surface area contributed by atoms with Gasteiger partial charge in [-0.1, -0.05) is 5.16 Å². The van der Waals surface area contributed by atoms with Crippen molar-refractivity contribution in [2.24, 2.45) is 0 Å². The lowest BCUT2D eigenvalue weighted by molar-refractivity contribution is -0.143. The Bertz CT molecular complexity index is 1480. The first-order chi connectivity index (χ1) is 19.7. The Morgan fingerprint density at radius 2 is 1.60 bits per heavy atom. The van der Waals surface area contributed by atoms with Crippen LogP contribution < -0.4 is 10.2 Å². The molecule has 10 nitrogen and oxygen atoms in total. The molecule has 1 amide bonds. The lowest BCUT2D eigenvalue weighted by Gasteiger charge is -2.34. The molecular formula is C25H23F6N3O7S. The second-order valence-corrected chi connectivity index (χ2v) is 11.5. The summed E-state index contributed by atoms with van der Waals surface area (Å²) in [4.78, 5) is 16.1. The number of nitrogens with one attached hydrogen (secondary N) is 1. The van der Waals surface area contributed by atoms with Crippen molar-refractivity contribution < 1.29 is 58.8 Å². The number of benzene rings is 2. The zero-order chi connectivity index (χ0) is 30.8. The summed E-state index contributed by atoms with van der Waals surface area (Å²) in [5, 5.41) is 12.6. The molecule has 3 aromatic rings. The van der Waals surface area contributed by atoms with Crippen molar-refractivity contribution in [3.63, 3.8) is 0 Å². The first-order valence-corrected chi connectivity index (χ1v) is 13.8. The average Bonchev–Trinajstić information content (AvgIpc) is 3.43. The molecule has 0 radical (unpaired) electrons. The Balaban J connectivity index is 1.38. The number of amides is 1. The van der Waals surface area contributed by atoms with Gasteiger partial charge in [0, 0.05) is 25.2 Å². The zero-order valence-corrected chi connectivity index (χ0v) is 22.3. The zero-order valence-electron chi connectivity index (χ0n) is 21.5.